The molecule has 0 aliphatic rings. The number of nitrogens with zero attached hydrogens (tertiary/aromatic N) is 3. The van der Waals surface area contributed by atoms with Gasteiger partial charge in [-0.2, -0.15) is 35.8 Å². The van der Waals surface area contributed by atoms with E-state index in [1.54, 1.807) is 0 Å². The van der Waals surface area contributed by atoms with Crippen LogP contribution in [0.3, 0.4) is 0 Å². The van der Waals surface area contributed by atoms with Crippen LogP contribution in [0.4, 0.5) is 39.5 Å². The Kier molecular flexibility index (Phi) is 4.73. The minimum absolute atomic E-state index is 0.0521. The summed E-state index contributed by atoms with van der Waals surface area (Å²) in [6.45, 7) is -1.73. The molecule has 144 valence electrons. The lowest BCUT2D eigenvalue weighted by molar-refractivity contribution is -0.393. The molecule has 0 aliphatic carbocycles. The molecule has 0 radical (unpaired) electrons. The molecular weight excluding hydrogens is 385 g/mol. The Morgan fingerprint density at radius 1 is 0.962 bits per heavy atom. The molecule has 1 unspecified atom stereocenters. The molecule has 1 atom stereocenters. The SMILES string of the molecule is OC(Cn1cncn1)(c1ccc(F)cc1F)C(F)(F)C(F)(F)C(F)(F)F. The van der Waals surface area contributed by atoms with Crippen molar-refractivity contribution >= 4 is 0 Å². The number of halogens is 9. The van der Waals surface area contributed by atoms with Gasteiger partial charge in [-0.05, 0) is 12.1 Å². The van der Waals surface area contributed by atoms with Crippen LogP contribution in [0.5, 0.6) is 0 Å². The van der Waals surface area contributed by atoms with Crippen molar-refractivity contribution in [1.29, 1.82) is 0 Å². The second-order valence-corrected chi connectivity index (χ2v) is 5.22. The number of rotatable bonds is 5. The quantitative estimate of drug-likeness (QED) is 0.794. The van der Waals surface area contributed by atoms with Gasteiger partial charge >= 0.3 is 18.0 Å². The second-order valence-electron chi connectivity index (χ2n) is 5.22. The van der Waals surface area contributed by atoms with Gasteiger partial charge in [0.25, 0.3) is 0 Å². The first kappa shape index (κ1) is 20.0. The van der Waals surface area contributed by atoms with E-state index in [-0.39, 0.29) is 12.1 Å². The van der Waals surface area contributed by atoms with E-state index in [9.17, 15) is 44.6 Å². The zero-order valence-electron chi connectivity index (χ0n) is 12.3. The molecule has 4 nitrogen and oxygen atoms in total. The number of aliphatic hydroxyl groups is 1. The van der Waals surface area contributed by atoms with E-state index in [4.69, 9.17) is 0 Å². The third kappa shape index (κ3) is 2.99. The molecule has 1 heterocycles. The lowest BCUT2D eigenvalue weighted by Gasteiger charge is -2.40. The molecule has 1 aromatic heterocycles. The normalized spacial score (nSPS) is 15.8. The Bertz CT molecular complexity index is 776. The summed E-state index contributed by atoms with van der Waals surface area (Å²) >= 11 is 0. The van der Waals surface area contributed by atoms with Gasteiger partial charge in [0.2, 0.25) is 0 Å². The summed E-state index contributed by atoms with van der Waals surface area (Å²) in [6.07, 6.45) is -5.45. The second kappa shape index (κ2) is 6.14. The van der Waals surface area contributed by atoms with E-state index in [1.165, 1.54) is 0 Å². The topological polar surface area (TPSA) is 50.9 Å². The molecule has 0 aliphatic heterocycles. The minimum Gasteiger partial charge on any atom is -0.377 e. The number of hydrogen-bond donors (Lipinski definition) is 1. The fraction of sp³-hybridized carbons (Fsp3) is 0.385. The van der Waals surface area contributed by atoms with Crippen LogP contribution in [0.25, 0.3) is 0 Å². The highest BCUT2D eigenvalue weighted by Gasteiger charge is 2.80. The first-order chi connectivity index (χ1) is 11.7. The first-order valence-electron chi connectivity index (χ1n) is 6.57. The molecule has 0 bridgehead atoms. The molecule has 2 rings (SSSR count). The molecule has 1 N–H and O–H groups in total. The zero-order valence-corrected chi connectivity index (χ0v) is 12.3. The van der Waals surface area contributed by atoms with Crippen molar-refractivity contribution in [2.45, 2.75) is 30.2 Å². The van der Waals surface area contributed by atoms with E-state index in [0.29, 0.717) is 23.4 Å². The highest BCUT2D eigenvalue weighted by atomic mass is 19.4. The van der Waals surface area contributed by atoms with Gasteiger partial charge in [-0.25, -0.2) is 18.4 Å². The van der Waals surface area contributed by atoms with Gasteiger partial charge in [0.15, 0.2) is 5.60 Å². The van der Waals surface area contributed by atoms with Crippen molar-refractivity contribution in [2.75, 3.05) is 0 Å². The third-order valence-corrected chi connectivity index (χ3v) is 3.50. The Labute approximate surface area is 138 Å². The lowest BCUT2D eigenvalue weighted by Crippen LogP contribution is -2.64. The van der Waals surface area contributed by atoms with Crippen LogP contribution in [0, 0.1) is 11.6 Å². The zero-order chi connectivity index (χ0) is 20.0. The summed E-state index contributed by atoms with van der Waals surface area (Å²) in [5, 5.41) is 13.4. The van der Waals surface area contributed by atoms with Crippen molar-refractivity contribution in [1.82, 2.24) is 14.8 Å². The average Bonchev–Trinajstić information content (AvgIpc) is 2.98. The minimum atomic E-state index is -6.77. The maximum atomic E-state index is 14.3. The Morgan fingerprint density at radius 3 is 2.04 bits per heavy atom. The predicted molar refractivity (Wildman–Crippen MR) is 66.2 cm³/mol. The highest BCUT2D eigenvalue weighted by Crippen LogP contribution is 2.55. The molecule has 13 heteroatoms. The first-order valence-corrected chi connectivity index (χ1v) is 6.57. The van der Waals surface area contributed by atoms with E-state index >= 15 is 0 Å². The number of hydrogen-bond acceptors (Lipinski definition) is 3. The van der Waals surface area contributed by atoms with Crippen molar-refractivity contribution in [2.24, 2.45) is 0 Å². The van der Waals surface area contributed by atoms with Crippen LogP contribution in [-0.4, -0.2) is 37.9 Å². The molecule has 26 heavy (non-hydrogen) atoms. The maximum Gasteiger partial charge on any atom is 0.460 e. The molecule has 0 spiro atoms. The van der Waals surface area contributed by atoms with E-state index in [1.807, 2.05) is 0 Å². The van der Waals surface area contributed by atoms with Crippen LogP contribution in [0.1, 0.15) is 5.56 Å². The summed E-state index contributed by atoms with van der Waals surface area (Å²) in [5.74, 6) is -16.3. The number of benzene rings is 1. The van der Waals surface area contributed by atoms with Gasteiger partial charge in [-0.1, -0.05) is 0 Å². The van der Waals surface area contributed by atoms with Gasteiger partial charge in [0, 0.05) is 11.6 Å². The smallest absolute Gasteiger partial charge is 0.377 e. The van der Waals surface area contributed by atoms with Crippen LogP contribution >= 0.6 is 0 Å². The Hall–Kier alpha value is -2.31. The van der Waals surface area contributed by atoms with Gasteiger partial charge < -0.3 is 5.11 Å². The van der Waals surface area contributed by atoms with E-state index < -0.39 is 47.4 Å². The molecule has 0 fully saturated rings. The molecule has 0 saturated heterocycles. The third-order valence-electron chi connectivity index (χ3n) is 3.50. The Balaban J connectivity index is 2.71. The largest absolute Gasteiger partial charge is 0.460 e. The van der Waals surface area contributed by atoms with Crippen molar-refractivity contribution in [3.05, 3.63) is 48.1 Å². The predicted octanol–water partition coefficient (Wildman–Crippen LogP) is 3.28. The van der Waals surface area contributed by atoms with Crippen LogP contribution < -0.4 is 0 Å². The fourth-order valence-electron chi connectivity index (χ4n) is 2.17. The van der Waals surface area contributed by atoms with Crippen LogP contribution in [-0.2, 0) is 12.1 Å². The molecule has 0 amide bonds. The van der Waals surface area contributed by atoms with Gasteiger partial charge in [0.05, 0.1) is 6.54 Å². The average molecular weight is 393 g/mol. The number of aromatic nitrogens is 3. The summed E-state index contributed by atoms with van der Waals surface area (Å²) in [6, 6.07) is 0.401. The summed E-state index contributed by atoms with van der Waals surface area (Å²) in [5.41, 5.74) is -6.12. The Morgan fingerprint density at radius 2 is 1.58 bits per heavy atom. The molecule has 1 aromatic carbocycles. The monoisotopic (exact) mass is 393 g/mol. The summed E-state index contributed by atoms with van der Waals surface area (Å²) in [7, 11) is 0. The van der Waals surface area contributed by atoms with Crippen molar-refractivity contribution in [3.8, 4) is 0 Å². The van der Waals surface area contributed by atoms with Crippen molar-refractivity contribution < 1.29 is 44.6 Å². The fourth-order valence-corrected chi connectivity index (χ4v) is 2.17. The molecule has 2 aromatic rings. The standard InChI is InChI=1S/C13H8F9N3O/c14-7-1-2-8(9(15)3-7)10(26,4-25-6-23-5-24-25)11(16,17)12(18,19)13(20,21)22/h1-3,5-6,26H,4H2. The molecular formula is C13H8F9N3O. The van der Waals surface area contributed by atoms with E-state index in [2.05, 4.69) is 10.1 Å². The number of alkyl halides is 7. The van der Waals surface area contributed by atoms with Crippen LogP contribution in [0.2, 0.25) is 0 Å². The van der Waals surface area contributed by atoms with Gasteiger partial charge in [-0.15, -0.1) is 0 Å². The molecule has 0 saturated carbocycles. The summed E-state index contributed by atoms with van der Waals surface area (Å²) in [4.78, 5) is 3.26. The van der Waals surface area contributed by atoms with Gasteiger partial charge in [0.1, 0.15) is 24.3 Å². The van der Waals surface area contributed by atoms with Crippen LogP contribution in [0.15, 0.2) is 30.9 Å². The summed E-state index contributed by atoms with van der Waals surface area (Å²) < 4.78 is 120. The lowest BCUT2D eigenvalue weighted by atomic mass is 9.83. The highest BCUT2D eigenvalue weighted by molar-refractivity contribution is 5.29. The maximum absolute atomic E-state index is 14.3. The van der Waals surface area contributed by atoms with E-state index in [0.717, 1.165) is 0 Å². The van der Waals surface area contributed by atoms with Crippen molar-refractivity contribution in [3.63, 3.8) is 0 Å². The van der Waals surface area contributed by atoms with Gasteiger partial charge in [-0.3, -0.25) is 0 Å².